The third kappa shape index (κ3) is 6.33. The highest BCUT2D eigenvalue weighted by molar-refractivity contribution is 6.31. The summed E-state index contributed by atoms with van der Waals surface area (Å²) in [7, 11) is 1.72. The number of halogens is 1. The van der Waals surface area contributed by atoms with Gasteiger partial charge in [-0.25, -0.2) is 4.98 Å². The molecule has 0 spiro atoms. The number of nitrogens with zero attached hydrogens (tertiary/aromatic N) is 3. The van der Waals surface area contributed by atoms with Gasteiger partial charge in [-0.2, -0.15) is 0 Å². The van der Waals surface area contributed by atoms with E-state index >= 15 is 0 Å². The predicted octanol–water partition coefficient (Wildman–Crippen LogP) is 3.33. The zero-order valence-electron chi connectivity index (χ0n) is 20.4. The van der Waals surface area contributed by atoms with Crippen molar-refractivity contribution in [3.63, 3.8) is 0 Å². The summed E-state index contributed by atoms with van der Waals surface area (Å²) in [5.74, 6) is 0.0884. The van der Waals surface area contributed by atoms with E-state index in [1.165, 1.54) is 6.20 Å². The number of methoxy groups -OCH3 is 1. The molecule has 3 N–H and O–H groups in total. The van der Waals surface area contributed by atoms with Crippen LogP contribution >= 0.6 is 11.6 Å². The van der Waals surface area contributed by atoms with Gasteiger partial charge in [-0.1, -0.05) is 17.7 Å². The molecule has 0 unspecified atom stereocenters. The molecule has 1 aromatic heterocycles. The number of benzene rings is 1. The first-order valence-corrected chi connectivity index (χ1v) is 12.6. The molecule has 0 bridgehead atoms. The van der Waals surface area contributed by atoms with Crippen molar-refractivity contribution in [2.75, 3.05) is 43.5 Å². The van der Waals surface area contributed by atoms with E-state index in [1.54, 1.807) is 37.4 Å². The van der Waals surface area contributed by atoms with Crippen molar-refractivity contribution in [1.29, 1.82) is 0 Å². The summed E-state index contributed by atoms with van der Waals surface area (Å²) in [4.78, 5) is 45.9. The summed E-state index contributed by atoms with van der Waals surface area (Å²) in [5, 5.41) is 3.31. The molecule has 2 fully saturated rings. The van der Waals surface area contributed by atoms with Gasteiger partial charge in [0.25, 0.3) is 5.91 Å². The predicted molar refractivity (Wildman–Crippen MR) is 138 cm³/mol. The van der Waals surface area contributed by atoms with Crippen LogP contribution in [0.25, 0.3) is 0 Å². The molecule has 0 aliphatic carbocycles. The fraction of sp³-hybridized carbons (Fsp3) is 0.462. The number of amides is 3. The van der Waals surface area contributed by atoms with Crippen LogP contribution in [0.3, 0.4) is 0 Å². The molecular formula is C26H32ClN5O4. The Kier molecular flexibility index (Phi) is 8.43. The van der Waals surface area contributed by atoms with Crippen LogP contribution in [0.4, 0.5) is 11.5 Å². The molecule has 1 aromatic carbocycles. The van der Waals surface area contributed by atoms with Crippen LogP contribution in [-0.2, 0) is 9.53 Å². The number of rotatable bonds is 7. The Morgan fingerprint density at radius 3 is 2.44 bits per heavy atom. The van der Waals surface area contributed by atoms with Gasteiger partial charge in [0, 0.05) is 56.5 Å². The van der Waals surface area contributed by atoms with E-state index in [0.717, 1.165) is 38.8 Å². The molecule has 10 heteroatoms. The van der Waals surface area contributed by atoms with E-state index in [4.69, 9.17) is 22.1 Å². The molecule has 0 saturated carbocycles. The number of nitrogens with one attached hydrogen (secondary N) is 1. The Morgan fingerprint density at radius 2 is 1.81 bits per heavy atom. The van der Waals surface area contributed by atoms with Crippen molar-refractivity contribution in [2.45, 2.75) is 38.2 Å². The van der Waals surface area contributed by atoms with E-state index in [-0.39, 0.29) is 23.5 Å². The van der Waals surface area contributed by atoms with Gasteiger partial charge in [-0.15, -0.1) is 0 Å². The number of pyridine rings is 1. The fourth-order valence-corrected chi connectivity index (χ4v) is 5.02. The van der Waals surface area contributed by atoms with Gasteiger partial charge >= 0.3 is 0 Å². The van der Waals surface area contributed by atoms with Gasteiger partial charge in [0.15, 0.2) is 5.82 Å². The summed E-state index contributed by atoms with van der Waals surface area (Å²) < 4.78 is 5.40. The average molecular weight is 514 g/mol. The summed E-state index contributed by atoms with van der Waals surface area (Å²) in [6.07, 6.45) is 5.65. The Hall–Kier alpha value is -3.17. The minimum atomic E-state index is -0.626. The highest BCUT2D eigenvalue weighted by Crippen LogP contribution is 2.31. The van der Waals surface area contributed by atoms with E-state index in [1.807, 2.05) is 4.90 Å². The van der Waals surface area contributed by atoms with E-state index in [2.05, 4.69) is 15.2 Å². The average Bonchev–Trinajstić information content (AvgIpc) is 2.89. The fourth-order valence-electron chi connectivity index (χ4n) is 4.83. The summed E-state index contributed by atoms with van der Waals surface area (Å²) in [6.45, 7) is 2.88. The molecule has 2 aliphatic rings. The number of primary amides is 1. The summed E-state index contributed by atoms with van der Waals surface area (Å²) in [6, 6.07) is 8.17. The lowest BCUT2D eigenvalue weighted by Crippen LogP contribution is -2.42. The molecular weight excluding hydrogens is 482 g/mol. The number of hydrogen-bond donors (Lipinski definition) is 2. The van der Waals surface area contributed by atoms with E-state index < -0.39 is 5.91 Å². The number of hydrogen-bond acceptors (Lipinski definition) is 6. The Balaban J connectivity index is 1.40. The highest BCUT2D eigenvalue weighted by Gasteiger charge is 2.28. The minimum absolute atomic E-state index is 0.206. The van der Waals surface area contributed by atoms with Gasteiger partial charge in [0.1, 0.15) is 0 Å². The number of carbonyl (C=O) groups excluding carboxylic acids is 3. The Bertz CT molecular complexity index is 1110. The number of likely N-dealkylation sites (tertiary alicyclic amines) is 1. The van der Waals surface area contributed by atoms with Gasteiger partial charge in [0.2, 0.25) is 11.8 Å². The van der Waals surface area contributed by atoms with Crippen molar-refractivity contribution < 1.29 is 19.1 Å². The first-order valence-electron chi connectivity index (χ1n) is 12.3. The Labute approximate surface area is 215 Å². The number of carbonyl (C=O) groups is 3. The minimum Gasteiger partial charge on any atom is -0.381 e. The van der Waals surface area contributed by atoms with Crippen LogP contribution < -0.4 is 16.0 Å². The molecule has 2 saturated heterocycles. The van der Waals surface area contributed by atoms with Crippen LogP contribution in [0.15, 0.2) is 36.5 Å². The number of piperidine rings is 2. The van der Waals surface area contributed by atoms with Gasteiger partial charge in [-0.3, -0.25) is 14.4 Å². The number of nitrogens with two attached hydrogens (primary N) is 1. The molecule has 192 valence electrons. The zero-order chi connectivity index (χ0) is 25.7. The molecule has 2 aliphatic heterocycles. The molecule has 4 rings (SSSR count). The van der Waals surface area contributed by atoms with Crippen molar-refractivity contribution in [2.24, 2.45) is 11.7 Å². The van der Waals surface area contributed by atoms with Crippen molar-refractivity contribution in [3.8, 4) is 0 Å². The standard InChI is InChI=1S/C26H32ClN5O4/c1-36-21-7-11-31(12-8-21)23(33)13-17-5-9-32(10-6-17)25-22(15-19(16-29-25)24(28)34)30-26(35)18-3-2-4-20(27)14-18/h2-4,14-17,21H,5-13H2,1H3,(H2,28,34)(H,30,35). The number of aromatic nitrogens is 1. The second-order valence-electron chi connectivity index (χ2n) is 9.37. The molecule has 2 aromatic rings. The lowest BCUT2D eigenvalue weighted by atomic mass is 9.92. The topological polar surface area (TPSA) is 118 Å². The third-order valence-corrected chi connectivity index (χ3v) is 7.23. The maximum absolute atomic E-state index is 12.9. The molecule has 36 heavy (non-hydrogen) atoms. The normalized spacial score (nSPS) is 17.2. The SMILES string of the molecule is COC1CCN(C(=O)CC2CCN(c3ncc(C(N)=O)cc3NC(=O)c3cccc(Cl)c3)CC2)CC1. The molecule has 3 amide bonds. The lowest BCUT2D eigenvalue weighted by Gasteiger charge is -2.36. The smallest absolute Gasteiger partial charge is 0.255 e. The first kappa shape index (κ1) is 25.9. The third-order valence-electron chi connectivity index (χ3n) is 6.99. The van der Waals surface area contributed by atoms with E-state index in [0.29, 0.717) is 47.5 Å². The number of anilines is 2. The van der Waals surface area contributed by atoms with Crippen LogP contribution in [0.2, 0.25) is 5.02 Å². The monoisotopic (exact) mass is 513 g/mol. The van der Waals surface area contributed by atoms with Crippen LogP contribution in [0.1, 0.15) is 52.8 Å². The first-order chi connectivity index (χ1) is 17.3. The van der Waals surface area contributed by atoms with Crippen LogP contribution in [0, 0.1) is 5.92 Å². The van der Waals surface area contributed by atoms with Crippen LogP contribution in [0.5, 0.6) is 0 Å². The molecule has 9 nitrogen and oxygen atoms in total. The lowest BCUT2D eigenvalue weighted by molar-refractivity contribution is -0.134. The second kappa shape index (κ2) is 11.7. The van der Waals surface area contributed by atoms with Crippen molar-refractivity contribution in [1.82, 2.24) is 9.88 Å². The highest BCUT2D eigenvalue weighted by atomic mass is 35.5. The maximum atomic E-state index is 12.9. The molecule has 3 heterocycles. The Morgan fingerprint density at radius 1 is 1.08 bits per heavy atom. The zero-order valence-corrected chi connectivity index (χ0v) is 21.2. The second-order valence-corrected chi connectivity index (χ2v) is 9.81. The van der Waals surface area contributed by atoms with E-state index in [9.17, 15) is 14.4 Å². The molecule has 0 atom stereocenters. The summed E-state index contributed by atoms with van der Waals surface area (Å²) >= 11 is 6.03. The van der Waals surface area contributed by atoms with Crippen molar-refractivity contribution >= 4 is 40.8 Å². The summed E-state index contributed by atoms with van der Waals surface area (Å²) in [5.41, 5.74) is 6.46. The van der Waals surface area contributed by atoms with Crippen LogP contribution in [-0.4, -0.2) is 67.0 Å². The number of ether oxygens (including phenoxy) is 1. The largest absolute Gasteiger partial charge is 0.381 e. The van der Waals surface area contributed by atoms with Gasteiger partial charge in [-0.05, 0) is 55.9 Å². The van der Waals surface area contributed by atoms with Gasteiger partial charge in [0.05, 0.1) is 17.4 Å². The molecule has 0 radical (unpaired) electrons. The quantitative estimate of drug-likeness (QED) is 0.586. The van der Waals surface area contributed by atoms with Crippen molar-refractivity contribution in [3.05, 3.63) is 52.7 Å². The van der Waals surface area contributed by atoms with Gasteiger partial charge < -0.3 is 25.6 Å². The maximum Gasteiger partial charge on any atom is 0.255 e.